The van der Waals surface area contributed by atoms with Gasteiger partial charge in [-0.3, -0.25) is 5.32 Å². The maximum absolute atomic E-state index is 11.8. The number of nitrogens with zero attached hydrogens (tertiary/aromatic N) is 1. The Morgan fingerprint density at radius 2 is 2.14 bits per heavy atom. The number of hydrogen-bond acceptors (Lipinski definition) is 4. The van der Waals surface area contributed by atoms with Crippen LogP contribution in [0.25, 0.3) is 0 Å². The molecule has 0 saturated carbocycles. The number of rotatable bonds is 5. The van der Waals surface area contributed by atoms with Gasteiger partial charge in [-0.2, -0.15) is 0 Å². The van der Waals surface area contributed by atoms with Crippen molar-refractivity contribution in [3.63, 3.8) is 0 Å². The molecule has 0 aliphatic heterocycles. The highest BCUT2D eigenvalue weighted by Crippen LogP contribution is 2.13. The van der Waals surface area contributed by atoms with Crippen molar-refractivity contribution in [1.29, 1.82) is 0 Å². The summed E-state index contributed by atoms with van der Waals surface area (Å²) in [5.41, 5.74) is 1.69. The molecule has 21 heavy (non-hydrogen) atoms. The third kappa shape index (κ3) is 4.92. The number of aromatic nitrogens is 1. The van der Waals surface area contributed by atoms with E-state index in [2.05, 4.69) is 15.8 Å². The average molecular weight is 289 g/mol. The molecule has 0 radical (unpaired) electrons. The molecule has 2 amide bonds. The maximum Gasteiger partial charge on any atom is 0.324 e. The van der Waals surface area contributed by atoms with E-state index in [4.69, 9.17) is 9.26 Å². The summed E-state index contributed by atoms with van der Waals surface area (Å²) in [5.74, 6) is 1.02. The molecule has 1 aromatic carbocycles. The van der Waals surface area contributed by atoms with Crippen LogP contribution in [0.5, 0.6) is 0 Å². The van der Waals surface area contributed by atoms with Gasteiger partial charge in [-0.15, -0.1) is 0 Å². The SMILES string of the molecule is Cc1cc(NC(=O)Nc2cccc(COC(C)C)c2)no1. The van der Waals surface area contributed by atoms with E-state index >= 15 is 0 Å². The largest absolute Gasteiger partial charge is 0.374 e. The Kier molecular flexibility index (Phi) is 4.94. The summed E-state index contributed by atoms with van der Waals surface area (Å²) in [4.78, 5) is 11.8. The second-order valence-electron chi connectivity index (χ2n) is 4.96. The van der Waals surface area contributed by atoms with Gasteiger partial charge in [0.05, 0.1) is 12.7 Å². The zero-order valence-corrected chi connectivity index (χ0v) is 12.3. The fourth-order valence-electron chi connectivity index (χ4n) is 1.71. The van der Waals surface area contributed by atoms with Gasteiger partial charge in [0, 0.05) is 11.8 Å². The van der Waals surface area contributed by atoms with E-state index in [-0.39, 0.29) is 12.1 Å². The van der Waals surface area contributed by atoms with Crippen LogP contribution in [0.1, 0.15) is 25.2 Å². The number of carbonyl (C=O) groups is 1. The third-order valence-electron chi connectivity index (χ3n) is 2.64. The number of aryl methyl sites for hydroxylation is 1. The normalized spacial score (nSPS) is 10.7. The van der Waals surface area contributed by atoms with Crippen molar-refractivity contribution in [2.75, 3.05) is 10.6 Å². The highest BCUT2D eigenvalue weighted by molar-refractivity contribution is 5.99. The van der Waals surface area contributed by atoms with Crippen molar-refractivity contribution < 1.29 is 14.1 Å². The molecule has 2 N–H and O–H groups in total. The van der Waals surface area contributed by atoms with Crippen LogP contribution in [0.4, 0.5) is 16.3 Å². The average Bonchev–Trinajstić information content (AvgIpc) is 2.82. The lowest BCUT2D eigenvalue weighted by Crippen LogP contribution is -2.19. The predicted octanol–water partition coefficient (Wildman–Crippen LogP) is 3.55. The molecule has 0 spiro atoms. The molecule has 2 aromatic rings. The highest BCUT2D eigenvalue weighted by atomic mass is 16.5. The van der Waals surface area contributed by atoms with Crippen LogP contribution in [-0.2, 0) is 11.3 Å². The van der Waals surface area contributed by atoms with Gasteiger partial charge >= 0.3 is 6.03 Å². The van der Waals surface area contributed by atoms with Crippen LogP contribution in [0.2, 0.25) is 0 Å². The first kappa shape index (κ1) is 15.1. The Morgan fingerprint density at radius 3 is 2.81 bits per heavy atom. The number of hydrogen-bond donors (Lipinski definition) is 2. The summed E-state index contributed by atoms with van der Waals surface area (Å²) in [5, 5.41) is 9.03. The van der Waals surface area contributed by atoms with Gasteiger partial charge in [0.25, 0.3) is 0 Å². The van der Waals surface area contributed by atoms with Gasteiger partial charge in [0.1, 0.15) is 5.76 Å². The monoisotopic (exact) mass is 289 g/mol. The summed E-state index contributed by atoms with van der Waals surface area (Å²) in [7, 11) is 0. The molecule has 6 heteroatoms. The first-order chi connectivity index (χ1) is 10.0. The Hall–Kier alpha value is -2.34. The molecule has 2 rings (SSSR count). The Bertz CT molecular complexity index is 608. The van der Waals surface area contributed by atoms with Crippen molar-refractivity contribution in [3.8, 4) is 0 Å². The lowest BCUT2D eigenvalue weighted by Gasteiger charge is -2.10. The Labute approximate surface area is 123 Å². The summed E-state index contributed by atoms with van der Waals surface area (Å²) >= 11 is 0. The van der Waals surface area contributed by atoms with Crippen molar-refractivity contribution in [2.24, 2.45) is 0 Å². The van der Waals surface area contributed by atoms with Crippen molar-refractivity contribution in [3.05, 3.63) is 41.7 Å². The zero-order valence-electron chi connectivity index (χ0n) is 12.3. The van der Waals surface area contributed by atoms with Gasteiger partial charge in [-0.25, -0.2) is 4.79 Å². The quantitative estimate of drug-likeness (QED) is 0.882. The van der Waals surface area contributed by atoms with Crippen molar-refractivity contribution in [1.82, 2.24) is 5.16 Å². The van der Waals surface area contributed by atoms with Gasteiger partial charge < -0.3 is 14.6 Å². The summed E-state index contributed by atoms with van der Waals surface area (Å²) in [6.07, 6.45) is 0.167. The number of carbonyl (C=O) groups excluding carboxylic acids is 1. The number of nitrogens with one attached hydrogen (secondary N) is 2. The van der Waals surface area contributed by atoms with Crippen molar-refractivity contribution >= 4 is 17.5 Å². The highest BCUT2D eigenvalue weighted by Gasteiger charge is 2.06. The van der Waals surface area contributed by atoms with E-state index in [1.165, 1.54) is 0 Å². The van der Waals surface area contributed by atoms with Gasteiger partial charge in [-0.05, 0) is 38.5 Å². The van der Waals surface area contributed by atoms with Crippen LogP contribution in [0.3, 0.4) is 0 Å². The molecule has 0 saturated heterocycles. The Balaban J connectivity index is 1.92. The summed E-state index contributed by atoms with van der Waals surface area (Å²) < 4.78 is 10.4. The molecule has 1 aromatic heterocycles. The minimum atomic E-state index is -0.370. The number of amides is 2. The van der Waals surface area contributed by atoms with Gasteiger partial charge in [0.15, 0.2) is 5.82 Å². The molecule has 0 unspecified atom stereocenters. The summed E-state index contributed by atoms with van der Waals surface area (Å²) in [6.45, 7) is 6.23. The lowest BCUT2D eigenvalue weighted by atomic mass is 10.2. The number of benzene rings is 1. The zero-order chi connectivity index (χ0) is 15.2. The number of urea groups is 1. The number of ether oxygens (including phenoxy) is 1. The van der Waals surface area contributed by atoms with Crippen LogP contribution in [0, 0.1) is 6.92 Å². The topological polar surface area (TPSA) is 76.4 Å². The second-order valence-corrected chi connectivity index (χ2v) is 4.96. The first-order valence-corrected chi connectivity index (χ1v) is 6.75. The minimum absolute atomic E-state index is 0.167. The van der Waals surface area contributed by atoms with E-state index in [0.717, 1.165) is 5.56 Å². The smallest absolute Gasteiger partial charge is 0.324 e. The van der Waals surface area contributed by atoms with Crippen LogP contribution in [-0.4, -0.2) is 17.3 Å². The van der Waals surface area contributed by atoms with Gasteiger partial charge in [0.2, 0.25) is 0 Å². The molecule has 0 aliphatic rings. The molecule has 0 bridgehead atoms. The molecular weight excluding hydrogens is 270 g/mol. The van der Waals surface area contributed by atoms with E-state index in [9.17, 15) is 4.79 Å². The third-order valence-corrected chi connectivity index (χ3v) is 2.64. The molecule has 1 heterocycles. The fraction of sp³-hybridized carbons (Fsp3) is 0.333. The van der Waals surface area contributed by atoms with Crippen LogP contribution < -0.4 is 10.6 Å². The van der Waals surface area contributed by atoms with E-state index in [0.29, 0.717) is 23.9 Å². The van der Waals surface area contributed by atoms with Crippen LogP contribution >= 0.6 is 0 Å². The standard InChI is InChI=1S/C15H19N3O3/c1-10(2)20-9-12-5-4-6-13(8-12)16-15(19)17-14-7-11(3)21-18-14/h4-8,10H,9H2,1-3H3,(H2,16,17,18,19). The second kappa shape index (κ2) is 6.90. The fourth-order valence-corrected chi connectivity index (χ4v) is 1.71. The number of anilines is 2. The van der Waals surface area contributed by atoms with E-state index < -0.39 is 0 Å². The molecule has 0 aliphatic carbocycles. The molecule has 112 valence electrons. The van der Waals surface area contributed by atoms with Crippen LogP contribution in [0.15, 0.2) is 34.9 Å². The first-order valence-electron chi connectivity index (χ1n) is 6.75. The summed E-state index contributed by atoms with van der Waals surface area (Å²) in [6, 6.07) is 8.78. The molecule has 6 nitrogen and oxygen atoms in total. The lowest BCUT2D eigenvalue weighted by molar-refractivity contribution is 0.0657. The maximum atomic E-state index is 11.8. The van der Waals surface area contributed by atoms with E-state index in [1.807, 2.05) is 38.1 Å². The van der Waals surface area contributed by atoms with Crippen molar-refractivity contribution in [2.45, 2.75) is 33.5 Å². The van der Waals surface area contributed by atoms with Gasteiger partial charge in [-0.1, -0.05) is 17.3 Å². The molecular formula is C15H19N3O3. The molecule has 0 atom stereocenters. The van der Waals surface area contributed by atoms with E-state index in [1.54, 1.807) is 13.0 Å². The molecule has 0 fully saturated rings. The minimum Gasteiger partial charge on any atom is -0.374 e. The predicted molar refractivity (Wildman–Crippen MR) is 80.2 cm³/mol. The Morgan fingerprint density at radius 1 is 1.33 bits per heavy atom.